The van der Waals surface area contributed by atoms with E-state index in [0.717, 1.165) is 71.8 Å². The van der Waals surface area contributed by atoms with Crippen LogP contribution in [0.25, 0.3) is 21.0 Å². The molecule has 0 bridgehead atoms. The molecule has 1 aromatic carbocycles. The van der Waals surface area contributed by atoms with Gasteiger partial charge >= 0.3 is 0 Å². The normalized spacial score (nSPS) is 20.9. The largest absolute Gasteiger partial charge is 0.473 e. The lowest BCUT2D eigenvalue weighted by atomic mass is 10.00. The van der Waals surface area contributed by atoms with Crippen molar-refractivity contribution in [1.82, 2.24) is 14.9 Å². The fraction of sp³-hybridized carbons (Fsp3) is 0.414. The molecule has 1 aliphatic heterocycles. The fourth-order valence-corrected chi connectivity index (χ4v) is 6.79. The molecule has 1 fully saturated rings. The number of aryl methyl sites for hydroxylation is 2. The van der Waals surface area contributed by atoms with Gasteiger partial charge in [-0.3, -0.25) is 4.79 Å². The molecule has 1 unspecified atom stereocenters. The third kappa shape index (κ3) is 4.58. The average molecular weight is 501 g/mol. The molecular formula is C29H32N4O2S. The van der Waals surface area contributed by atoms with Gasteiger partial charge in [0, 0.05) is 34.5 Å². The summed E-state index contributed by atoms with van der Waals surface area (Å²) in [4.78, 5) is 25.7. The lowest BCUT2D eigenvalue weighted by Crippen LogP contribution is -2.38. The summed E-state index contributed by atoms with van der Waals surface area (Å²) in [6.07, 6.45) is 5.02. The number of anilines is 2. The van der Waals surface area contributed by atoms with Crippen molar-refractivity contribution in [3.63, 3.8) is 0 Å². The van der Waals surface area contributed by atoms with E-state index in [1.54, 1.807) is 11.3 Å². The Hall–Kier alpha value is -3.03. The van der Waals surface area contributed by atoms with E-state index in [1.807, 2.05) is 18.2 Å². The van der Waals surface area contributed by atoms with Crippen molar-refractivity contribution >= 4 is 49.7 Å². The zero-order valence-corrected chi connectivity index (χ0v) is 22.0. The number of likely N-dealkylation sites (N-methyl/N-ethyl adjacent to an activating group) is 1. The second-order valence-electron chi connectivity index (χ2n) is 10.5. The number of piperidine rings is 1. The summed E-state index contributed by atoms with van der Waals surface area (Å²) in [6.45, 7) is 6.28. The van der Waals surface area contributed by atoms with Crippen LogP contribution in [0.1, 0.15) is 53.4 Å². The number of nitrogens with one attached hydrogen (secondary N) is 1. The maximum atomic E-state index is 12.8. The first-order valence-electron chi connectivity index (χ1n) is 12.9. The van der Waals surface area contributed by atoms with Gasteiger partial charge in [0.25, 0.3) is 0 Å². The number of aromatic nitrogens is 2. The van der Waals surface area contributed by atoms with Crippen LogP contribution in [0, 0.1) is 12.8 Å². The number of rotatable bonds is 4. The third-order valence-electron chi connectivity index (χ3n) is 7.37. The Labute approximate surface area is 215 Å². The van der Waals surface area contributed by atoms with Gasteiger partial charge in [-0.1, -0.05) is 6.92 Å². The first-order chi connectivity index (χ1) is 17.4. The summed E-state index contributed by atoms with van der Waals surface area (Å²) < 4.78 is 7.41. The van der Waals surface area contributed by atoms with Gasteiger partial charge in [-0.05, 0) is 93.6 Å². The van der Waals surface area contributed by atoms with Gasteiger partial charge in [-0.2, -0.15) is 4.98 Å². The van der Waals surface area contributed by atoms with Crippen molar-refractivity contribution in [2.24, 2.45) is 5.92 Å². The van der Waals surface area contributed by atoms with Gasteiger partial charge in [0.15, 0.2) is 5.78 Å². The van der Waals surface area contributed by atoms with Crippen LogP contribution in [0.4, 0.5) is 11.6 Å². The monoisotopic (exact) mass is 500 g/mol. The highest BCUT2D eigenvalue weighted by atomic mass is 32.1. The highest BCUT2D eigenvalue weighted by Gasteiger charge is 2.25. The Bertz CT molecular complexity index is 1460. The van der Waals surface area contributed by atoms with E-state index < -0.39 is 0 Å². The van der Waals surface area contributed by atoms with E-state index in [1.165, 1.54) is 15.6 Å². The van der Waals surface area contributed by atoms with E-state index >= 15 is 0 Å². The molecule has 2 aliphatic rings. The molecule has 7 heteroatoms. The topological polar surface area (TPSA) is 67.3 Å². The number of pyridine rings is 2. The first-order valence-corrected chi connectivity index (χ1v) is 13.7. The average Bonchev–Trinajstić information content (AvgIpc) is 3.15. The maximum Gasteiger partial charge on any atom is 0.215 e. The number of thiophene rings is 1. The first kappa shape index (κ1) is 23.4. The Morgan fingerprint density at radius 1 is 1.11 bits per heavy atom. The summed E-state index contributed by atoms with van der Waals surface area (Å²) in [6, 6.07) is 12.3. The molecule has 1 aliphatic carbocycles. The SMILES string of the molecule is Cc1cc(Nc2ccc3c(ccc4sc5c(c43)CC[C@@H](C)CC5=O)n2)nc(OC2CCCN(C)C2)c1. The molecule has 3 aromatic heterocycles. The third-order valence-corrected chi connectivity index (χ3v) is 8.60. The lowest BCUT2D eigenvalue weighted by Gasteiger charge is -2.29. The summed E-state index contributed by atoms with van der Waals surface area (Å²) in [5.74, 6) is 2.85. The minimum Gasteiger partial charge on any atom is -0.473 e. The number of nitrogens with zero attached hydrogens (tertiary/aromatic N) is 3. The minimum absolute atomic E-state index is 0.169. The number of ether oxygens (including phenoxy) is 1. The smallest absolute Gasteiger partial charge is 0.215 e. The fourth-order valence-electron chi connectivity index (χ4n) is 5.58. The zero-order chi connectivity index (χ0) is 24.8. The molecule has 4 heterocycles. The van der Waals surface area contributed by atoms with Crippen molar-refractivity contribution < 1.29 is 9.53 Å². The maximum absolute atomic E-state index is 12.8. The molecule has 1 saturated heterocycles. The molecule has 0 saturated carbocycles. The second-order valence-corrected chi connectivity index (χ2v) is 11.6. The molecule has 2 atom stereocenters. The van der Waals surface area contributed by atoms with Crippen molar-refractivity contribution in [2.75, 3.05) is 25.5 Å². The van der Waals surface area contributed by atoms with Crippen LogP contribution in [0.2, 0.25) is 0 Å². The van der Waals surface area contributed by atoms with Gasteiger partial charge in [0.05, 0.1) is 10.4 Å². The molecule has 6 rings (SSSR count). The highest BCUT2D eigenvalue weighted by Crippen LogP contribution is 2.40. The van der Waals surface area contributed by atoms with Crippen LogP contribution in [-0.2, 0) is 6.42 Å². The van der Waals surface area contributed by atoms with Crippen molar-refractivity contribution in [1.29, 1.82) is 0 Å². The van der Waals surface area contributed by atoms with Crippen LogP contribution in [0.15, 0.2) is 36.4 Å². The number of carbonyl (C=O) groups excluding carboxylic acids is 1. The summed E-state index contributed by atoms with van der Waals surface area (Å²) >= 11 is 1.64. The predicted octanol–water partition coefficient (Wildman–Crippen LogP) is 6.52. The lowest BCUT2D eigenvalue weighted by molar-refractivity contribution is 0.0970. The molecule has 0 spiro atoms. The van der Waals surface area contributed by atoms with E-state index in [-0.39, 0.29) is 6.10 Å². The number of hydrogen-bond acceptors (Lipinski definition) is 7. The summed E-state index contributed by atoms with van der Waals surface area (Å²) in [5, 5.41) is 5.70. The number of Topliss-reactive ketones (excluding diaryl/α,β-unsaturated/α-hetero) is 1. The zero-order valence-electron chi connectivity index (χ0n) is 21.1. The van der Waals surface area contributed by atoms with Crippen molar-refractivity contribution in [2.45, 2.75) is 52.1 Å². The van der Waals surface area contributed by atoms with Crippen molar-refractivity contribution in [3.05, 3.63) is 52.4 Å². The standard InChI is InChI=1S/C29H32N4O2S/c1-17-6-7-21-28-20-8-11-25(30-22(20)9-10-24(28)36-29(21)23(34)13-17)31-26-14-18(2)15-27(32-26)35-19-5-4-12-33(3)16-19/h8-11,14-15,17,19H,4-7,12-13,16H2,1-3H3,(H,30,31,32)/t17-,19?/m1/s1. The molecule has 4 aromatic rings. The van der Waals surface area contributed by atoms with Crippen LogP contribution in [0.3, 0.4) is 0 Å². The summed E-state index contributed by atoms with van der Waals surface area (Å²) in [5.41, 5.74) is 3.23. The number of benzene rings is 1. The quantitative estimate of drug-likeness (QED) is 0.322. The summed E-state index contributed by atoms with van der Waals surface area (Å²) in [7, 11) is 2.14. The number of ketones is 1. The Morgan fingerprint density at radius 3 is 2.86 bits per heavy atom. The van der Waals surface area contributed by atoms with Crippen LogP contribution in [0.5, 0.6) is 5.88 Å². The van der Waals surface area contributed by atoms with Crippen molar-refractivity contribution in [3.8, 4) is 5.88 Å². The Kier molecular flexibility index (Phi) is 6.13. The number of hydrogen-bond donors (Lipinski definition) is 1. The highest BCUT2D eigenvalue weighted by molar-refractivity contribution is 7.21. The van der Waals surface area contributed by atoms with Gasteiger partial charge in [-0.15, -0.1) is 11.3 Å². The molecule has 36 heavy (non-hydrogen) atoms. The van der Waals surface area contributed by atoms with Crippen LogP contribution >= 0.6 is 11.3 Å². The molecule has 1 N–H and O–H groups in total. The van der Waals surface area contributed by atoms with Crippen LogP contribution in [-0.4, -0.2) is 46.9 Å². The second kappa shape index (κ2) is 9.45. The van der Waals surface area contributed by atoms with E-state index in [9.17, 15) is 4.79 Å². The number of carbonyl (C=O) groups is 1. The van der Waals surface area contributed by atoms with Crippen LogP contribution < -0.4 is 10.1 Å². The van der Waals surface area contributed by atoms with Gasteiger partial charge in [-0.25, -0.2) is 4.98 Å². The van der Waals surface area contributed by atoms with Gasteiger partial charge in [0.1, 0.15) is 17.7 Å². The molecule has 0 radical (unpaired) electrons. The van der Waals surface area contributed by atoms with E-state index in [4.69, 9.17) is 14.7 Å². The molecular weight excluding hydrogens is 468 g/mol. The number of fused-ring (bicyclic) bond motifs is 5. The van der Waals surface area contributed by atoms with E-state index in [0.29, 0.717) is 24.0 Å². The minimum atomic E-state index is 0.169. The van der Waals surface area contributed by atoms with Gasteiger partial charge in [0.2, 0.25) is 5.88 Å². The molecule has 6 nitrogen and oxygen atoms in total. The predicted molar refractivity (Wildman–Crippen MR) is 147 cm³/mol. The molecule has 0 amide bonds. The van der Waals surface area contributed by atoms with E-state index in [2.05, 4.69) is 49.3 Å². The van der Waals surface area contributed by atoms with Gasteiger partial charge < -0.3 is 15.0 Å². The Morgan fingerprint density at radius 2 is 2.00 bits per heavy atom. The number of likely N-dealkylation sites (tertiary alicyclic amines) is 1. The Balaban J connectivity index is 1.30. The molecule has 186 valence electrons.